The highest BCUT2D eigenvalue weighted by Gasteiger charge is 2.14. The van der Waals surface area contributed by atoms with Crippen LogP contribution in [0.5, 0.6) is 0 Å². The van der Waals surface area contributed by atoms with Crippen LogP contribution in [0.1, 0.15) is 0 Å². The van der Waals surface area contributed by atoms with Gasteiger partial charge in [-0.3, -0.25) is 4.90 Å². The van der Waals surface area contributed by atoms with E-state index < -0.39 is 0 Å². The monoisotopic (exact) mass is 140 g/mol. The van der Waals surface area contributed by atoms with Gasteiger partial charge in [0.05, 0.1) is 13.2 Å². The maximum Gasteiger partial charge on any atom is 0.0594 e. The van der Waals surface area contributed by atoms with Crippen LogP contribution in [0.3, 0.4) is 0 Å². The summed E-state index contributed by atoms with van der Waals surface area (Å²) in [7, 11) is 0. The predicted octanol–water partition coefficient (Wildman–Crippen LogP) is -0.237. The van der Waals surface area contributed by atoms with E-state index in [-0.39, 0.29) is 0 Å². The Bertz CT molecular complexity index is 150. The van der Waals surface area contributed by atoms with Crippen molar-refractivity contribution in [1.29, 1.82) is 0 Å². The van der Waals surface area contributed by atoms with Gasteiger partial charge in [-0.05, 0) is 0 Å². The average molecular weight is 140 g/mol. The van der Waals surface area contributed by atoms with Crippen molar-refractivity contribution >= 4 is 0 Å². The van der Waals surface area contributed by atoms with Gasteiger partial charge in [-0.25, -0.2) is 0 Å². The summed E-state index contributed by atoms with van der Waals surface area (Å²) in [5, 5.41) is 3.09. The predicted molar refractivity (Wildman–Crippen MR) is 38.5 cm³/mol. The van der Waals surface area contributed by atoms with Crippen LogP contribution in [0.2, 0.25) is 0 Å². The van der Waals surface area contributed by atoms with Crippen LogP contribution in [0, 0.1) is 0 Å². The first-order valence-corrected chi connectivity index (χ1v) is 3.71. The van der Waals surface area contributed by atoms with Crippen LogP contribution in [0.15, 0.2) is 11.9 Å². The molecule has 3 nitrogen and oxygen atoms in total. The number of hydrogen-bond donors (Lipinski definition) is 1. The van der Waals surface area contributed by atoms with E-state index in [1.54, 1.807) is 0 Å². The van der Waals surface area contributed by atoms with Gasteiger partial charge < -0.3 is 10.1 Å². The number of ether oxygens (including phenoxy) is 1. The lowest BCUT2D eigenvalue weighted by atomic mass is 10.4. The van der Waals surface area contributed by atoms with E-state index in [4.69, 9.17) is 4.74 Å². The van der Waals surface area contributed by atoms with Crippen LogP contribution in [-0.2, 0) is 4.74 Å². The zero-order valence-corrected chi connectivity index (χ0v) is 5.97. The molecule has 1 saturated heterocycles. The maximum absolute atomic E-state index is 5.22. The van der Waals surface area contributed by atoms with Gasteiger partial charge in [0.25, 0.3) is 0 Å². The lowest BCUT2D eigenvalue weighted by Gasteiger charge is -2.25. The van der Waals surface area contributed by atoms with Crippen molar-refractivity contribution < 1.29 is 4.74 Å². The van der Waals surface area contributed by atoms with Crippen molar-refractivity contribution in [3.63, 3.8) is 0 Å². The summed E-state index contributed by atoms with van der Waals surface area (Å²) in [5.74, 6) is 0. The first-order valence-electron chi connectivity index (χ1n) is 3.71. The Labute approximate surface area is 60.7 Å². The molecule has 3 heteroatoms. The molecule has 0 radical (unpaired) electrons. The molecule has 1 fully saturated rings. The summed E-state index contributed by atoms with van der Waals surface area (Å²) in [6.45, 7) is 5.04. The van der Waals surface area contributed by atoms with Crippen LogP contribution in [0.4, 0.5) is 0 Å². The van der Waals surface area contributed by atoms with Gasteiger partial charge in [-0.2, -0.15) is 0 Å². The normalized spacial score (nSPS) is 25.4. The number of nitrogens with zero attached hydrogens (tertiary/aromatic N) is 1. The maximum atomic E-state index is 5.22. The van der Waals surface area contributed by atoms with E-state index in [9.17, 15) is 0 Å². The Hall–Kier alpha value is -0.540. The summed E-state index contributed by atoms with van der Waals surface area (Å²) in [4.78, 5) is 2.40. The highest BCUT2D eigenvalue weighted by molar-refractivity contribution is 5.17. The summed E-state index contributed by atoms with van der Waals surface area (Å²) in [6, 6.07) is 0. The highest BCUT2D eigenvalue weighted by Crippen LogP contribution is 2.05. The molecular formula is C7H12N2O. The van der Waals surface area contributed by atoms with E-state index in [2.05, 4.69) is 16.4 Å². The van der Waals surface area contributed by atoms with Crippen molar-refractivity contribution in [3.05, 3.63) is 11.9 Å². The molecule has 0 amide bonds. The first-order chi connectivity index (χ1) is 4.95. The Morgan fingerprint density at radius 2 is 2.20 bits per heavy atom. The minimum Gasteiger partial charge on any atom is -0.379 e. The molecule has 2 rings (SSSR count). The van der Waals surface area contributed by atoms with Gasteiger partial charge in [0.2, 0.25) is 0 Å². The molecule has 0 aromatic heterocycles. The highest BCUT2D eigenvalue weighted by atomic mass is 16.5. The second kappa shape index (κ2) is 2.60. The fourth-order valence-corrected chi connectivity index (χ4v) is 1.14. The van der Waals surface area contributed by atoms with E-state index in [0.717, 1.165) is 32.8 Å². The van der Waals surface area contributed by atoms with Gasteiger partial charge in [0.15, 0.2) is 0 Å². The Balaban J connectivity index is 1.74. The van der Waals surface area contributed by atoms with Gasteiger partial charge in [0, 0.05) is 31.5 Å². The molecule has 0 saturated carbocycles. The fraction of sp³-hybridized carbons (Fsp3) is 0.714. The molecule has 0 atom stereocenters. The second-order valence-electron chi connectivity index (χ2n) is 2.70. The van der Waals surface area contributed by atoms with Gasteiger partial charge >= 0.3 is 0 Å². The van der Waals surface area contributed by atoms with Crippen molar-refractivity contribution in [2.45, 2.75) is 0 Å². The molecule has 0 aromatic carbocycles. The van der Waals surface area contributed by atoms with Crippen molar-refractivity contribution in [2.75, 3.05) is 32.8 Å². The van der Waals surface area contributed by atoms with E-state index >= 15 is 0 Å². The minimum atomic E-state index is 0.896. The second-order valence-corrected chi connectivity index (χ2v) is 2.70. The molecule has 0 bridgehead atoms. The quantitative estimate of drug-likeness (QED) is 0.575. The SMILES string of the molecule is C1=C(CN2CCOCC2)N1. The molecule has 0 unspecified atom stereocenters. The van der Waals surface area contributed by atoms with Crippen molar-refractivity contribution in [2.24, 2.45) is 0 Å². The zero-order chi connectivity index (χ0) is 6.81. The zero-order valence-electron chi connectivity index (χ0n) is 5.97. The molecule has 0 spiro atoms. The summed E-state index contributed by atoms with van der Waals surface area (Å²) in [6.07, 6.45) is 2.05. The largest absolute Gasteiger partial charge is 0.379 e. The van der Waals surface area contributed by atoms with E-state index in [1.165, 1.54) is 5.70 Å². The standard InChI is InChI=1S/C7H12N2O/c1-3-10-4-2-9(1)6-7-5-8-7/h5,8H,1-4,6H2. The molecule has 2 aliphatic heterocycles. The van der Waals surface area contributed by atoms with Gasteiger partial charge in [-0.1, -0.05) is 0 Å². The molecule has 56 valence electrons. The third-order valence-corrected chi connectivity index (χ3v) is 1.85. The van der Waals surface area contributed by atoms with Crippen LogP contribution < -0.4 is 5.32 Å². The number of rotatable bonds is 2. The van der Waals surface area contributed by atoms with Crippen molar-refractivity contribution in [3.8, 4) is 0 Å². The summed E-state index contributed by atoms with van der Waals surface area (Å²) >= 11 is 0. The molecule has 2 heterocycles. The lowest BCUT2D eigenvalue weighted by molar-refractivity contribution is 0.0425. The van der Waals surface area contributed by atoms with Gasteiger partial charge in [0.1, 0.15) is 0 Å². The summed E-state index contributed by atoms with van der Waals surface area (Å²) < 4.78 is 5.22. The lowest BCUT2D eigenvalue weighted by Crippen LogP contribution is -2.37. The van der Waals surface area contributed by atoms with Crippen LogP contribution >= 0.6 is 0 Å². The van der Waals surface area contributed by atoms with Gasteiger partial charge in [-0.15, -0.1) is 0 Å². The molecule has 1 N–H and O–H groups in total. The van der Waals surface area contributed by atoms with Crippen LogP contribution in [-0.4, -0.2) is 37.7 Å². The Morgan fingerprint density at radius 1 is 1.50 bits per heavy atom. The smallest absolute Gasteiger partial charge is 0.0594 e. The Morgan fingerprint density at radius 3 is 2.80 bits per heavy atom. The number of nitrogens with one attached hydrogen (secondary N) is 1. The molecule has 2 aliphatic rings. The Kier molecular flexibility index (Phi) is 1.61. The molecule has 0 aliphatic carbocycles. The molecule has 0 aromatic rings. The molecule has 10 heavy (non-hydrogen) atoms. The average Bonchev–Trinajstić information content (AvgIpc) is 2.74. The summed E-state index contributed by atoms with van der Waals surface area (Å²) in [5.41, 5.74) is 1.36. The van der Waals surface area contributed by atoms with E-state index in [1.807, 2.05) is 0 Å². The topological polar surface area (TPSA) is 34.4 Å². The van der Waals surface area contributed by atoms with Crippen LogP contribution in [0.25, 0.3) is 0 Å². The number of morpholine rings is 1. The van der Waals surface area contributed by atoms with E-state index in [0.29, 0.717) is 0 Å². The first kappa shape index (κ1) is 6.19. The fourth-order valence-electron chi connectivity index (χ4n) is 1.14. The van der Waals surface area contributed by atoms with Crippen molar-refractivity contribution in [1.82, 2.24) is 10.2 Å². The minimum absolute atomic E-state index is 0.896. The third kappa shape index (κ3) is 1.49. The third-order valence-electron chi connectivity index (χ3n) is 1.85. The number of hydrogen-bond acceptors (Lipinski definition) is 3. The molecular weight excluding hydrogens is 128 g/mol.